The van der Waals surface area contributed by atoms with Gasteiger partial charge >= 0.3 is 5.97 Å². The Kier molecular flexibility index (Phi) is 6.25. The van der Waals surface area contributed by atoms with Gasteiger partial charge in [0.2, 0.25) is 0 Å². The first kappa shape index (κ1) is 16.2. The van der Waals surface area contributed by atoms with Gasteiger partial charge in [-0.2, -0.15) is 0 Å². The first-order valence-electron chi connectivity index (χ1n) is 6.68. The summed E-state index contributed by atoms with van der Waals surface area (Å²) in [5.74, 6) is 0.330. The molecule has 0 aliphatic carbocycles. The summed E-state index contributed by atoms with van der Waals surface area (Å²) in [5.41, 5.74) is 1.29. The fraction of sp³-hybridized carbons (Fsp3) is 0.438. The van der Waals surface area contributed by atoms with Crippen LogP contribution >= 0.6 is 0 Å². The van der Waals surface area contributed by atoms with Crippen molar-refractivity contribution in [3.8, 4) is 5.75 Å². The van der Waals surface area contributed by atoms with Crippen molar-refractivity contribution in [3.05, 3.63) is 42.0 Å². The minimum atomic E-state index is -0.386. The van der Waals surface area contributed by atoms with Gasteiger partial charge in [-0.05, 0) is 45.4 Å². The molecular formula is C16H22O4. The molecular weight excluding hydrogens is 256 g/mol. The maximum absolute atomic E-state index is 11.4. The summed E-state index contributed by atoms with van der Waals surface area (Å²) in [6.45, 7) is 11.4. The SMILES string of the molecule is C=C(C)C(=O)OC(C)c1ccc(OC(C)OCC)cc1. The summed E-state index contributed by atoms with van der Waals surface area (Å²) >= 11 is 0. The van der Waals surface area contributed by atoms with Crippen molar-refractivity contribution >= 4 is 5.97 Å². The largest absolute Gasteiger partial charge is 0.465 e. The van der Waals surface area contributed by atoms with Gasteiger partial charge in [-0.1, -0.05) is 18.7 Å². The van der Waals surface area contributed by atoms with Crippen LogP contribution in [-0.2, 0) is 14.3 Å². The van der Waals surface area contributed by atoms with E-state index in [1.807, 2.05) is 45.0 Å². The molecule has 0 saturated heterocycles. The summed E-state index contributed by atoms with van der Waals surface area (Å²) < 4.78 is 16.1. The lowest BCUT2D eigenvalue weighted by Crippen LogP contribution is -2.16. The van der Waals surface area contributed by atoms with Crippen LogP contribution in [0.1, 0.15) is 39.4 Å². The zero-order chi connectivity index (χ0) is 15.1. The number of hydrogen-bond acceptors (Lipinski definition) is 4. The van der Waals surface area contributed by atoms with Gasteiger partial charge in [-0.15, -0.1) is 0 Å². The summed E-state index contributed by atoms with van der Waals surface area (Å²) in [5, 5.41) is 0. The predicted molar refractivity (Wildman–Crippen MR) is 77.5 cm³/mol. The van der Waals surface area contributed by atoms with Crippen LogP contribution in [-0.4, -0.2) is 18.9 Å². The number of rotatable bonds is 7. The van der Waals surface area contributed by atoms with E-state index >= 15 is 0 Å². The van der Waals surface area contributed by atoms with E-state index in [0.717, 1.165) is 5.56 Å². The molecule has 4 heteroatoms. The van der Waals surface area contributed by atoms with Gasteiger partial charge in [0, 0.05) is 12.2 Å². The number of esters is 1. The topological polar surface area (TPSA) is 44.8 Å². The third-order valence-corrected chi connectivity index (χ3v) is 2.69. The maximum Gasteiger partial charge on any atom is 0.333 e. The first-order chi connectivity index (χ1) is 9.43. The Morgan fingerprint density at radius 1 is 1.25 bits per heavy atom. The molecule has 0 spiro atoms. The lowest BCUT2D eigenvalue weighted by atomic mass is 10.1. The molecule has 2 unspecified atom stereocenters. The van der Waals surface area contributed by atoms with E-state index in [9.17, 15) is 4.79 Å². The van der Waals surface area contributed by atoms with E-state index in [0.29, 0.717) is 17.9 Å². The lowest BCUT2D eigenvalue weighted by molar-refractivity contribution is -0.143. The molecule has 1 aromatic rings. The zero-order valence-corrected chi connectivity index (χ0v) is 12.5. The molecule has 0 heterocycles. The van der Waals surface area contributed by atoms with Crippen molar-refractivity contribution in [2.45, 2.75) is 40.1 Å². The molecule has 0 saturated carbocycles. The average Bonchev–Trinajstić information content (AvgIpc) is 2.39. The highest BCUT2D eigenvalue weighted by Crippen LogP contribution is 2.21. The van der Waals surface area contributed by atoms with Gasteiger partial charge in [-0.25, -0.2) is 4.79 Å². The highest BCUT2D eigenvalue weighted by molar-refractivity contribution is 5.87. The van der Waals surface area contributed by atoms with Crippen LogP contribution in [0.15, 0.2) is 36.4 Å². The third-order valence-electron chi connectivity index (χ3n) is 2.69. The molecule has 1 rings (SSSR count). The fourth-order valence-corrected chi connectivity index (χ4v) is 1.61. The van der Waals surface area contributed by atoms with Crippen molar-refractivity contribution in [2.24, 2.45) is 0 Å². The van der Waals surface area contributed by atoms with Crippen molar-refractivity contribution in [2.75, 3.05) is 6.61 Å². The van der Waals surface area contributed by atoms with Crippen LogP contribution in [0.4, 0.5) is 0 Å². The first-order valence-corrected chi connectivity index (χ1v) is 6.68. The van der Waals surface area contributed by atoms with Crippen molar-refractivity contribution in [3.63, 3.8) is 0 Å². The molecule has 0 bridgehead atoms. The molecule has 0 amide bonds. The molecule has 4 nitrogen and oxygen atoms in total. The summed E-state index contributed by atoms with van der Waals surface area (Å²) in [4.78, 5) is 11.4. The molecule has 0 aliphatic heterocycles. The quantitative estimate of drug-likeness (QED) is 0.434. The third kappa shape index (κ3) is 5.05. The molecule has 110 valence electrons. The van der Waals surface area contributed by atoms with Crippen molar-refractivity contribution < 1.29 is 19.0 Å². The maximum atomic E-state index is 11.4. The molecule has 0 radical (unpaired) electrons. The molecule has 0 fully saturated rings. The standard InChI is InChI=1S/C16H22O4/c1-6-18-13(5)20-15-9-7-14(8-10-15)12(4)19-16(17)11(2)3/h7-10,12-13H,2,6H2,1,3-5H3. The van der Waals surface area contributed by atoms with E-state index in [2.05, 4.69) is 6.58 Å². The number of ether oxygens (including phenoxy) is 3. The number of hydrogen-bond donors (Lipinski definition) is 0. The fourth-order valence-electron chi connectivity index (χ4n) is 1.61. The van der Waals surface area contributed by atoms with Crippen LogP contribution in [0.2, 0.25) is 0 Å². The summed E-state index contributed by atoms with van der Waals surface area (Å²) in [6.07, 6.45) is -0.609. The van der Waals surface area contributed by atoms with E-state index in [1.165, 1.54) is 0 Å². The molecule has 2 atom stereocenters. The second-order valence-electron chi connectivity index (χ2n) is 4.54. The molecule has 0 aromatic heterocycles. The second-order valence-corrected chi connectivity index (χ2v) is 4.54. The van der Waals surface area contributed by atoms with Crippen molar-refractivity contribution in [1.82, 2.24) is 0 Å². The number of carbonyl (C=O) groups excluding carboxylic acids is 1. The van der Waals surface area contributed by atoms with Crippen LogP contribution in [0.5, 0.6) is 5.75 Å². The minimum Gasteiger partial charge on any atom is -0.465 e. The molecule has 1 aromatic carbocycles. The smallest absolute Gasteiger partial charge is 0.333 e. The lowest BCUT2D eigenvalue weighted by Gasteiger charge is -2.16. The van der Waals surface area contributed by atoms with Crippen LogP contribution < -0.4 is 4.74 Å². The minimum absolute atomic E-state index is 0.287. The Hall–Kier alpha value is -1.81. The van der Waals surface area contributed by atoms with Gasteiger partial charge in [0.1, 0.15) is 11.9 Å². The molecule has 0 N–H and O–H groups in total. The normalized spacial score (nSPS) is 13.4. The van der Waals surface area contributed by atoms with E-state index < -0.39 is 0 Å². The second kappa shape index (κ2) is 7.70. The number of benzene rings is 1. The summed E-state index contributed by atoms with van der Waals surface area (Å²) in [7, 11) is 0. The van der Waals surface area contributed by atoms with Gasteiger partial charge in [0.05, 0.1) is 0 Å². The Labute approximate surface area is 120 Å². The Balaban J connectivity index is 2.61. The number of carbonyl (C=O) groups is 1. The van der Waals surface area contributed by atoms with Crippen LogP contribution in [0.25, 0.3) is 0 Å². The van der Waals surface area contributed by atoms with Crippen LogP contribution in [0, 0.1) is 0 Å². The Morgan fingerprint density at radius 3 is 2.35 bits per heavy atom. The highest BCUT2D eigenvalue weighted by atomic mass is 16.7. The van der Waals surface area contributed by atoms with Gasteiger partial charge in [-0.3, -0.25) is 0 Å². The van der Waals surface area contributed by atoms with Gasteiger partial charge in [0.25, 0.3) is 0 Å². The molecule has 20 heavy (non-hydrogen) atoms. The Bertz CT molecular complexity index is 450. The summed E-state index contributed by atoms with van der Waals surface area (Å²) in [6, 6.07) is 7.39. The van der Waals surface area contributed by atoms with Crippen molar-refractivity contribution in [1.29, 1.82) is 0 Å². The van der Waals surface area contributed by atoms with Gasteiger partial charge in [0.15, 0.2) is 6.29 Å². The van der Waals surface area contributed by atoms with E-state index in [1.54, 1.807) is 6.92 Å². The molecule has 0 aliphatic rings. The monoisotopic (exact) mass is 278 g/mol. The zero-order valence-electron chi connectivity index (χ0n) is 12.5. The average molecular weight is 278 g/mol. The highest BCUT2D eigenvalue weighted by Gasteiger charge is 2.12. The van der Waals surface area contributed by atoms with Crippen LogP contribution in [0.3, 0.4) is 0 Å². The predicted octanol–water partition coefficient (Wildman–Crippen LogP) is 3.63. The Morgan fingerprint density at radius 2 is 1.85 bits per heavy atom. The van der Waals surface area contributed by atoms with Gasteiger partial charge < -0.3 is 14.2 Å². The van der Waals surface area contributed by atoms with E-state index in [-0.39, 0.29) is 18.4 Å². The van der Waals surface area contributed by atoms with E-state index in [4.69, 9.17) is 14.2 Å².